The van der Waals surface area contributed by atoms with Crippen LogP contribution in [0, 0.1) is 0 Å². The van der Waals surface area contributed by atoms with Crippen molar-refractivity contribution in [1.82, 2.24) is 0 Å². The van der Waals surface area contributed by atoms with E-state index in [4.69, 9.17) is 0 Å². The van der Waals surface area contributed by atoms with Gasteiger partial charge in [0.05, 0.1) is 11.4 Å². The van der Waals surface area contributed by atoms with E-state index in [1.165, 1.54) is 55.6 Å². The lowest BCUT2D eigenvalue weighted by Gasteiger charge is -2.10. The number of fused-ring (bicyclic) bond motifs is 6. The van der Waals surface area contributed by atoms with Crippen LogP contribution in [0.2, 0.25) is 0 Å². The Labute approximate surface area is 181 Å². The fraction of sp³-hybridized carbons (Fsp3) is 0.103. The Morgan fingerprint density at radius 1 is 0.452 bits per heavy atom. The lowest BCUT2D eigenvalue weighted by Crippen LogP contribution is -2.07. The van der Waals surface area contributed by atoms with Crippen LogP contribution in [0.25, 0.3) is 22.3 Å². The summed E-state index contributed by atoms with van der Waals surface area (Å²) in [5.41, 5.74) is 15.6. The van der Waals surface area contributed by atoms with Crippen LogP contribution in [-0.2, 0) is 12.8 Å². The zero-order valence-electron chi connectivity index (χ0n) is 17.1. The maximum Gasteiger partial charge on any atom is 0.0769 e. The predicted molar refractivity (Wildman–Crippen MR) is 127 cm³/mol. The summed E-state index contributed by atoms with van der Waals surface area (Å²) in [6, 6.07) is 30.8. The molecule has 0 N–H and O–H groups in total. The molecule has 0 aromatic heterocycles. The van der Waals surface area contributed by atoms with E-state index < -0.39 is 0 Å². The van der Waals surface area contributed by atoms with Gasteiger partial charge in [0.1, 0.15) is 0 Å². The van der Waals surface area contributed by atoms with Crippen LogP contribution in [0.1, 0.15) is 39.8 Å². The van der Waals surface area contributed by atoms with Gasteiger partial charge in [-0.1, -0.05) is 78.9 Å². The molecule has 3 aliphatic rings. The highest BCUT2D eigenvalue weighted by Crippen LogP contribution is 2.40. The largest absolute Gasteiger partial charge is 0.154 e. The Kier molecular flexibility index (Phi) is 3.48. The molecule has 0 bridgehead atoms. The highest BCUT2D eigenvalue weighted by atomic mass is 15.2. The van der Waals surface area contributed by atoms with E-state index in [1.807, 2.05) is 0 Å². The van der Waals surface area contributed by atoms with Gasteiger partial charge in [-0.2, -0.15) is 10.2 Å². The van der Waals surface area contributed by atoms with Crippen LogP contribution in [0.15, 0.2) is 95.1 Å². The zero-order valence-corrected chi connectivity index (χ0v) is 17.1. The Balaban J connectivity index is 1.24. The third-order valence-electron chi connectivity index (χ3n) is 6.89. The summed E-state index contributed by atoms with van der Waals surface area (Å²) in [6.45, 7) is 0. The van der Waals surface area contributed by atoms with Gasteiger partial charge in [-0.05, 0) is 69.0 Å². The summed E-state index contributed by atoms with van der Waals surface area (Å²) in [6.07, 6.45) is 2.80. The molecule has 0 radical (unpaired) electrons. The summed E-state index contributed by atoms with van der Waals surface area (Å²) in [7, 11) is 0. The number of nitrogens with zero attached hydrogens (tertiary/aromatic N) is 2. The number of benzene rings is 4. The lowest BCUT2D eigenvalue weighted by atomic mass is 9.92. The molecule has 0 saturated carbocycles. The second-order valence-electron chi connectivity index (χ2n) is 8.65. The second kappa shape index (κ2) is 6.36. The van der Waals surface area contributed by atoms with E-state index in [0.717, 1.165) is 30.7 Å². The molecule has 7 rings (SSSR count). The molecule has 0 amide bonds. The molecule has 4 aromatic rings. The van der Waals surface area contributed by atoms with Crippen LogP contribution in [0.4, 0.5) is 0 Å². The number of hydrogen-bond acceptors (Lipinski definition) is 2. The van der Waals surface area contributed by atoms with Gasteiger partial charge >= 0.3 is 0 Å². The first-order valence-electron chi connectivity index (χ1n) is 10.9. The molecule has 0 fully saturated rings. The first-order valence-corrected chi connectivity index (χ1v) is 10.9. The molecular weight excluding hydrogens is 376 g/mol. The summed E-state index contributed by atoms with van der Waals surface area (Å²) < 4.78 is 0. The van der Waals surface area contributed by atoms with E-state index >= 15 is 0 Å². The lowest BCUT2D eigenvalue weighted by molar-refractivity contribution is 1.25. The third-order valence-corrected chi connectivity index (χ3v) is 6.89. The normalized spacial score (nSPS) is 15.1. The molecule has 2 nitrogen and oxygen atoms in total. The van der Waals surface area contributed by atoms with Crippen molar-refractivity contribution in [2.24, 2.45) is 10.2 Å². The minimum atomic E-state index is 0.777. The third kappa shape index (κ3) is 2.51. The van der Waals surface area contributed by atoms with Crippen LogP contribution >= 0.6 is 0 Å². The van der Waals surface area contributed by atoms with Crippen molar-refractivity contribution < 1.29 is 0 Å². The number of hydrogen-bond donors (Lipinski definition) is 0. The first-order chi connectivity index (χ1) is 15.3. The minimum absolute atomic E-state index is 0.777. The molecule has 31 heavy (non-hydrogen) atoms. The average Bonchev–Trinajstić information content (AvgIpc) is 3.53. The van der Waals surface area contributed by atoms with Gasteiger partial charge in [0, 0.05) is 12.0 Å². The van der Waals surface area contributed by atoms with E-state index in [0.29, 0.717) is 0 Å². The maximum absolute atomic E-state index is 4.66. The van der Waals surface area contributed by atoms with E-state index in [9.17, 15) is 0 Å². The average molecular weight is 396 g/mol. The molecule has 0 atom stereocenters. The van der Waals surface area contributed by atoms with Gasteiger partial charge in [0.2, 0.25) is 0 Å². The molecular formula is C29H20N2. The Morgan fingerprint density at radius 3 is 2.00 bits per heavy atom. The molecule has 0 unspecified atom stereocenters. The SMILES string of the molecule is c1ccc2c(c1)Cc1ccc(C3=NN=C(c4cccc5c4-c4ccccc4C5)C3)cc1-2. The first kappa shape index (κ1) is 17.0. The van der Waals surface area contributed by atoms with Crippen molar-refractivity contribution >= 4 is 11.4 Å². The Bertz CT molecular complexity index is 1460. The summed E-state index contributed by atoms with van der Waals surface area (Å²) in [4.78, 5) is 0. The topological polar surface area (TPSA) is 24.7 Å². The zero-order chi connectivity index (χ0) is 20.4. The van der Waals surface area contributed by atoms with Crippen LogP contribution in [-0.4, -0.2) is 11.4 Å². The standard InChI is InChI=1S/C29H20N2/c1-3-9-23-18(6-1)14-20-12-13-21(16-26(20)23)27-17-28(31-30-27)25-11-5-8-22-15-19-7-2-4-10-24(19)29(22)25/h1-13,16H,14-15,17H2. The number of rotatable bonds is 2. The van der Waals surface area contributed by atoms with E-state index in [-0.39, 0.29) is 0 Å². The highest BCUT2D eigenvalue weighted by molar-refractivity contribution is 6.22. The summed E-state index contributed by atoms with van der Waals surface area (Å²) in [5.74, 6) is 0. The van der Waals surface area contributed by atoms with Crippen LogP contribution in [0.3, 0.4) is 0 Å². The Morgan fingerprint density at radius 2 is 1.10 bits per heavy atom. The van der Waals surface area contributed by atoms with E-state index in [2.05, 4.69) is 95.1 Å². The highest BCUT2D eigenvalue weighted by Gasteiger charge is 2.26. The van der Waals surface area contributed by atoms with Crippen molar-refractivity contribution in [3.05, 3.63) is 118 Å². The molecule has 1 aliphatic heterocycles. The molecule has 1 heterocycles. The van der Waals surface area contributed by atoms with Crippen molar-refractivity contribution in [2.75, 3.05) is 0 Å². The molecule has 0 saturated heterocycles. The fourth-order valence-electron chi connectivity index (χ4n) is 5.39. The van der Waals surface area contributed by atoms with Gasteiger partial charge in [-0.25, -0.2) is 0 Å². The predicted octanol–water partition coefficient (Wildman–Crippen LogP) is 6.43. The van der Waals surface area contributed by atoms with Crippen molar-refractivity contribution in [1.29, 1.82) is 0 Å². The van der Waals surface area contributed by atoms with Crippen LogP contribution < -0.4 is 0 Å². The molecule has 146 valence electrons. The van der Waals surface area contributed by atoms with Gasteiger partial charge in [-0.3, -0.25) is 0 Å². The quantitative estimate of drug-likeness (QED) is 0.322. The minimum Gasteiger partial charge on any atom is -0.154 e. The van der Waals surface area contributed by atoms with Crippen LogP contribution in [0.5, 0.6) is 0 Å². The summed E-state index contributed by atoms with van der Waals surface area (Å²) in [5, 5.41) is 9.29. The molecule has 2 aliphatic carbocycles. The van der Waals surface area contributed by atoms with Gasteiger partial charge in [0.25, 0.3) is 0 Å². The van der Waals surface area contributed by atoms with Crippen molar-refractivity contribution in [2.45, 2.75) is 19.3 Å². The molecule has 0 spiro atoms. The smallest absolute Gasteiger partial charge is 0.0769 e. The van der Waals surface area contributed by atoms with Crippen molar-refractivity contribution in [3.63, 3.8) is 0 Å². The summed E-state index contributed by atoms with van der Waals surface area (Å²) >= 11 is 0. The molecule has 4 aromatic carbocycles. The van der Waals surface area contributed by atoms with E-state index in [1.54, 1.807) is 0 Å². The van der Waals surface area contributed by atoms with Gasteiger partial charge in [0.15, 0.2) is 0 Å². The monoisotopic (exact) mass is 396 g/mol. The Hall–Kier alpha value is -3.78. The van der Waals surface area contributed by atoms with Gasteiger partial charge in [-0.15, -0.1) is 0 Å². The fourth-order valence-corrected chi connectivity index (χ4v) is 5.39. The maximum atomic E-state index is 4.66. The second-order valence-corrected chi connectivity index (χ2v) is 8.65. The van der Waals surface area contributed by atoms with Crippen molar-refractivity contribution in [3.8, 4) is 22.3 Å². The van der Waals surface area contributed by atoms with Gasteiger partial charge < -0.3 is 0 Å². The molecule has 2 heteroatoms.